The first kappa shape index (κ1) is 15.3. The highest BCUT2D eigenvalue weighted by Gasteiger charge is 2.10. The molecule has 0 N–H and O–H groups in total. The second-order valence-electron chi connectivity index (χ2n) is 4.86. The van der Waals surface area contributed by atoms with Crippen molar-refractivity contribution in [2.45, 2.75) is 26.4 Å². The van der Waals surface area contributed by atoms with Crippen LogP contribution in [-0.2, 0) is 6.61 Å². The van der Waals surface area contributed by atoms with Crippen molar-refractivity contribution >= 4 is 27.5 Å². The van der Waals surface area contributed by atoms with Crippen molar-refractivity contribution in [1.82, 2.24) is 0 Å². The zero-order chi connectivity index (χ0) is 14.7. The van der Waals surface area contributed by atoms with Gasteiger partial charge in [0.25, 0.3) is 0 Å². The van der Waals surface area contributed by atoms with E-state index in [2.05, 4.69) is 29.8 Å². The molecule has 2 aromatic rings. The molecule has 0 saturated carbocycles. The third kappa shape index (κ3) is 3.74. The molecule has 0 aliphatic rings. The highest BCUT2D eigenvalue weighted by atomic mass is 79.9. The third-order valence-corrected chi connectivity index (χ3v) is 3.72. The molecule has 20 heavy (non-hydrogen) atoms. The van der Waals surface area contributed by atoms with Crippen molar-refractivity contribution in [2.75, 3.05) is 0 Å². The van der Waals surface area contributed by atoms with Gasteiger partial charge in [0.05, 0.1) is 0 Å². The molecule has 0 amide bonds. The van der Waals surface area contributed by atoms with E-state index in [0.29, 0.717) is 16.5 Å². The molecule has 0 spiro atoms. The highest BCUT2D eigenvalue weighted by Crippen LogP contribution is 2.30. The largest absolute Gasteiger partial charge is 0.489 e. The van der Waals surface area contributed by atoms with E-state index in [1.165, 1.54) is 6.07 Å². The van der Waals surface area contributed by atoms with Crippen LogP contribution in [0.4, 0.5) is 4.39 Å². The lowest BCUT2D eigenvalue weighted by molar-refractivity contribution is 0.295. The van der Waals surface area contributed by atoms with Crippen molar-refractivity contribution in [3.05, 3.63) is 62.8 Å². The number of ether oxygens (including phenoxy) is 1. The lowest BCUT2D eigenvalue weighted by atomic mass is 10.0. The van der Waals surface area contributed by atoms with Gasteiger partial charge in [-0.05, 0) is 41.8 Å². The van der Waals surface area contributed by atoms with Crippen molar-refractivity contribution in [3.63, 3.8) is 0 Å². The van der Waals surface area contributed by atoms with Crippen LogP contribution in [0.15, 0.2) is 40.9 Å². The minimum Gasteiger partial charge on any atom is -0.489 e. The highest BCUT2D eigenvalue weighted by molar-refractivity contribution is 9.10. The molecule has 0 unspecified atom stereocenters. The Kier molecular flexibility index (Phi) is 5.06. The van der Waals surface area contributed by atoms with Crippen LogP contribution in [0, 0.1) is 5.82 Å². The molecule has 0 atom stereocenters. The van der Waals surface area contributed by atoms with Crippen molar-refractivity contribution in [2.24, 2.45) is 0 Å². The Morgan fingerprint density at radius 1 is 1.20 bits per heavy atom. The lowest BCUT2D eigenvalue weighted by Gasteiger charge is -2.15. The molecular weight excluding hydrogens is 343 g/mol. The van der Waals surface area contributed by atoms with Crippen LogP contribution in [0.2, 0.25) is 5.02 Å². The first-order valence-corrected chi connectivity index (χ1v) is 7.50. The van der Waals surface area contributed by atoms with E-state index in [0.717, 1.165) is 15.8 Å². The molecule has 4 heteroatoms. The molecule has 0 aromatic heterocycles. The maximum Gasteiger partial charge on any atom is 0.131 e. The smallest absolute Gasteiger partial charge is 0.131 e. The van der Waals surface area contributed by atoms with Gasteiger partial charge in [-0.1, -0.05) is 47.4 Å². The number of rotatable bonds is 4. The molecule has 0 bridgehead atoms. The van der Waals surface area contributed by atoms with Gasteiger partial charge in [0.1, 0.15) is 18.2 Å². The van der Waals surface area contributed by atoms with Gasteiger partial charge < -0.3 is 4.74 Å². The molecule has 106 valence electrons. The zero-order valence-corrected chi connectivity index (χ0v) is 13.6. The first-order chi connectivity index (χ1) is 9.47. The fraction of sp³-hybridized carbons (Fsp3) is 0.250. The molecule has 0 radical (unpaired) electrons. The number of hydrogen-bond donors (Lipinski definition) is 0. The monoisotopic (exact) mass is 356 g/mol. The van der Waals surface area contributed by atoms with Gasteiger partial charge in [0.2, 0.25) is 0 Å². The van der Waals surface area contributed by atoms with Gasteiger partial charge in [0.15, 0.2) is 0 Å². The van der Waals surface area contributed by atoms with Crippen molar-refractivity contribution < 1.29 is 9.13 Å². The normalized spacial score (nSPS) is 10.9. The summed E-state index contributed by atoms with van der Waals surface area (Å²) in [6.45, 7) is 4.37. The van der Waals surface area contributed by atoms with Crippen LogP contribution in [0.3, 0.4) is 0 Å². The van der Waals surface area contributed by atoms with Gasteiger partial charge in [-0.3, -0.25) is 0 Å². The van der Waals surface area contributed by atoms with E-state index in [1.54, 1.807) is 12.1 Å². The fourth-order valence-electron chi connectivity index (χ4n) is 1.90. The van der Waals surface area contributed by atoms with Crippen LogP contribution < -0.4 is 4.74 Å². The molecule has 0 aliphatic heterocycles. The summed E-state index contributed by atoms with van der Waals surface area (Å²) in [6.07, 6.45) is 0. The molecule has 1 nitrogen and oxygen atoms in total. The Bertz CT molecular complexity index is 613. The average Bonchev–Trinajstić information content (AvgIpc) is 2.38. The minimum absolute atomic E-state index is 0.185. The Morgan fingerprint density at radius 3 is 2.60 bits per heavy atom. The summed E-state index contributed by atoms with van der Waals surface area (Å²) >= 11 is 9.18. The van der Waals surface area contributed by atoms with Crippen molar-refractivity contribution in [3.8, 4) is 5.75 Å². The van der Waals surface area contributed by atoms with Gasteiger partial charge in [-0.25, -0.2) is 4.39 Å². The Balaban J connectivity index is 2.18. The summed E-state index contributed by atoms with van der Waals surface area (Å²) in [7, 11) is 0. The second-order valence-corrected chi connectivity index (χ2v) is 6.21. The minimum atomic E-state index is -0.347. The van der Waals surface area contributed by atoms with E-state index in [1.807, 2.05) is 18.2 Å². The SMILES string of the molecule is CC(C)c1cc(Br)ccc1OCc1ccc(Cl)cc1F. The summed E-state index contributed by atoms with van der Waals surface area (Å²) in [5.41, 5.74) is 1.58. The topological polar surface area (TPSA) is 9.23 Å². The number of benzene rings is 2. The Labute approximate surface area is 131 Å². The molecule has 2 aromatic carbocycles. The van der Waals surface area contributed by atoms with Gasteiger partial charge in [0, 0.05) is 15.1 Å². The van der Waals surface area contributed by atoms with Crippen molar-refractivity contribution in [1.29, 1.82) is 0 Å². The van der Waals surface area contributed by atoms with Crippen LogP contribution in [0.5, 0.6) is 5.75 Å². The predicted octanol–water partition coefficient (Wildman–Crippen LogP) is 5.94. The average molecular weight is 358 g/mol. The Morgan fingerprint density at radius 2 is 1.95 bits per heavy atom. The predicted molar refractivity (Wildman–Crippen MR) is 84.0 cm³/mol. The van der Waals surface area contributed by atoms with E-state index in [-0.39, 0.29) is 12.4 Å². The van der Waals surface area contributed by atoms with Crippen LogP contribution in [0.1, 0.15) is 30.9 Å². The standard InChI is InChI=1S/C16H15BrClFO/c1-10(2)14-7-12(17)4-6-16(14)20-9-11-3-5-13(18)8-15(11)19/h3-8,10H,9H2,1-2H3. The van der Waals surface area contributed by atoms with Gasteiger partial charge in [-0.15, -0.1) is 0 Å². The molecule has 0 heterocycles. The summed E-state index contributed by atoms with van der Waals surface area (Å²) in [6, 6.07) is 10.4. The molecule has 2 rings (SSSR count). The number of hydrogen-bond acceptors (Lipinski definition) is 1. The van der Waals surface area contributed by atoms with E-state index in [9.17, 15) is 4.39 Å². The molecule has 0 saturated heterocycles. The van der Waals surface area contributed by atoms with E-state index < -0.39 is 0 Å². The van der Waals surface area contributed by atoms with E-state index >= 15 is 0 Å². The summed E-state index contributed by atoms with van der Waals surface area (Å²) < 4.78 is 20.5. The lowest BCUT2D eigenvalue weighted by Crippen LogP contribution is -2.01. The quantitative estimate of drug-likeness (QED) is 0.657. The zero-order valence-electron chi connectivity index (χ0n) is 11.3. The van der Waals surface area contributed by atoms with E-state index in [4.69, 9.17) is 16.3 Å². The summed E-state index contributed by atoms with van der Waals surface area (Å²) in [5.74, 6) is 0.760. The summed E-state index contributed by atoms with van der Waals surface area (Å²) in [5, 5.41) is 0.387. The molecular formula is C16H15BrClFO. The number of halogens is 3. The van der Waals surface area contributed by atoms with Gasteiger partial charge in [-0.2, -0.15) is 0 Å². The first-order valence-electron chi connectivity index (χ1n) is 6.33. The Hall–Kier alpha value is -1.06. The maximum absolute atomic E-state index is 13.7. The maximum atomic E-state index is 13.7. The second kappa shape index (κ2) is 6.59. The molecule has 0 fully saturated rings. The molecule has 0 aliphatic carbocycles. The van der Waals surface area contributed by atoms with Crippen LogP contribution in [0.25, 0.3) is 0 Å². The van der Waals surface area contributed by atoms with Gasteiger partial charge >= 0.3 is 0 Å². The summed E-state index contributed by atoms with van der Waals surface area (Å²) in [4.78, 5) is 0. The fourth-order valence-corrected chi connectivity index (χ4v) is 2.43. The third-order valence-electron chi connectivity index (χ3n) is 2.99. The van der Waals surface area contributed by atoms with Crippen LogP contribution >= 0.6 is 27.5 Å². The van der Waals surface area contributed by atoms with Crippen LogP contribution in [-0.4, -0.2) is 0 Å².